The molecule has 1 saturated heterocycles. The highest BCUT2D eigenvalue weighted by molar-refractivity contribution is 5.44. The van der Waals surface area contributed by atoms with Crippen LogP contribution in [0.2, 0.25) is 0 Å². The summed E-state index contributed by atoms with van der Waals surface area (Å²) in [5.74, 6) is 0.503. The summed E-state index contributed by atoms with van der Waals surface area (Å²) < 4.78 is 5.72. The lowest BCUT2D eigenvalue weighted by molar-refractivity contribution is -0.384. The van der Waals surface area contributed by atoms with Crippen LogP contribution in [0.25, 0.3) is 0 Å². The monoisotopic (exact) mass is 266 g/mol. The van der Waals surface area contributed by atoms with Crippen molar-refractivity contribution in [2.24, 2.45) is 0 Å². The quantitative estimate of drug-likeness (QED) is 0.456. The Morgan fingerprint density at radius 2 is 2.32 bits per heavy atom. The highest BCUT2D eigenvalue weighted by atomic mass is 16.6. The molecule has 0 amide bonds. The lowest BCUT2D eigenvalue weighted by atomic mass is 10.1. The minimum Gasteiger partial charge on any atom is -0.376 e. The van der Waals surface area contributed by atoms with E-state index in [4.69, 9.17) is 4.74 Å². The van der Waals surface area contributed by atoms with Crippen molar-refractivity contribution >= 4 is 11.5 Å². The molecule has 7 heteroatoms. The van der Waals surface area contributed by atoms with E-state index in [1.807, 2.05) is 0 Å². The van der Waals surface area contributed by atoms with Gasteiger partial charge in [-0.05, 0) is 25.9 Å². The van der Waals surface area contributed by atoms with E-state index in [1.165, 1.54) is 18.3 Å². The zero-order chi connectivity index (χ0) is 13.5. The summed E-state index contributed by atoms with van der Waals surface area (Å²) in [5, 5.41) is 16.9. The van der Waals surface area contributed by atoms with Gasteiger partial charge in [-0.3, -0.25) is 10.1 Å². The second kappa shape index (κ2) is 7.01. The van der Waals surface area contributed by atoms with Crippen molar-refractivity contribution in [1.29, 1.82) is 0 Å². The summed E-state index contributed by atoms with van der Waals surface area (Å²) in [5.41, 5.74) is 0.0387. The van der Waals surface area contributed by atoms with Gasteiger partial charge < -0.3 is 15.4 Å². The summed E-state index contributed by atoms with van der Waals surface area (Å²) >= 11 is 0. The first-order chi connectivity index (χ1) is 9.25. The average molecular weight is 266 g/mol. The second-order valence-corrected chi connectivity index (χ2v) is 4.40. The lowest BCUT2D eigenvalue weighted by Gasteiger charge is -2.22. The van der Waals surface area contributed by atoms with Crippen LogP contribution in [0, 0.1) is 10.1 Å². The van der Waals surface area contributed by atoms with Crippen LogP contribution in [0.1, 0.15) is 12.8 Å². The zero-order valence-corrected chi connectivity index (χ0v) is 10.7. The Hall–Kier alpha value is -1.73. The van der Waals surface area contributed by atoms with Crippen molar-refractivity contribution < 1.29 is 9.66 Å². The number of aromatic nitrogens is 1. The molecule has 104 valence electrons. The molecule has 0 atom stereocenters. The minimum atomic E-state index is -0.432. The highest BCUT2D eigenvalue weighted by Crippen LogP contribution is 2.14. The van der Waals surface area contributed by atoms with Crippen molar-refractivity contribution in [2.45, 2.75) is 18.9 Å². The van der Waals surface area contributed by atoms with Crippen molar-refractivity contribution in [2.75, 3.05) is 31.6 Å². The van der Waals surface area contributed by atoms with Gasteiger partial charge in [-0.15, -0.1) is 0 Å². The molecule has 2 heterocycles. The van der Waals surface area contributed by atoms with E-state index in [1.54, 1.807) is 0 Å². The van der Waals surface area contributed by atoms with Gasteiger partial charge in [-0.25, -0.2) is 4.98 Å². The van der Waals surface area contributed by atoms with Gasteiger partial charge in [0, 0.05) is 18.8 Å². The molecule has 0 saturated carbocycles. The SMILES string of the molecule is O=[N+]([O-])c1ccnc(NCCOC2CCNCC2)c1. The van der Waals surface area contributed by atoms with Crippen LogP contribution in [-0.4, -0.2) is 42.3 Å². The van der Waals surface area contributed by atoms with E-state index in [2.05, 4.69) is 15.6 Å². The van der Waals surface area contributed by atoms with Gasteiger partial charge in [-0.2, -0.15) is 0 Å². The molecule has 1 aliphatic heterocycles. The first kappa shape index (κ1) is 13.7. The maximum Gasteiger partial charge on any atom is 0.274 e. The molecule has 1 fully saturated rings. The Morgan fingerprint density at radius 3 is 3.05 bits per heavy atom. The van der Waals surface area contributed by atoms with Gasteiger partial charge in [0.15, 0.2) is 0 Å². The zero-order valence-electron chi connectivity index (χ0n) is 10.7. The summed E-state index contributed by atoms with van der Waals surface area (Å²) in [6, 6.07) is 2.79. The summed E-state index contributed by atoms with van der Waals surface area (Å²) in [6.07, 6.45) is 3.82. The third-order valence-electron chi connectivity index (χ3n) is 3.00. The largest absolute Gasteiger partial charge is 0.376 e. The number of nitrogens with zero attached hydrogens (tertiary/aromatic N) is 2. The Morgan fingerprint density at radius 1 is 1.53 bits per heavy atom. The van der Waals surface area contributed by atoms with Gasteiger partial charge in [0.1, 0.15) is 5.82 Å². The van der Waals surface area contributed by atoms with Crippen molar-refractivity contribution in [3.05, 3.63) is 28.4 Å². The van der Waals surface area contributed by atoms with Crippen molar-refractivity contribution in [1.82, 2.24) is 10.3 Å². The fraction of sp³-hybridized carbons (Fsp3) is 0.583. The lowest BCUT2D eigenvalue weighted by Crippen LogP contribution is -2.33. The number of hydrogen-bond acceptors (Lipinski definition) is 6. The number of nitrogens with one attached hydrogen (secondary N) is 2. The van der Waals surface area contributed by atoms with Gasteiger partial charge in [0.05, 0.1) is 23.7 Å². The average Bonchev–Trinajstić information content (AvgIpc) is 2.45. The fourth-order valence-corrected chi connectivity index (χ4v) is 2.00. The topological polar surface area (TPSA) is 89.3 Å². The van der Waals surface area contributed by atoms with E-state index in [-0.39, 0.29) is 5.69 Å². The normalized spacial score (nSPS) is 16.2. The first-order valence-electron chi connectivity index (χ1n) is 6.42. The molecule has 1 aromatic rings. The number of ether oxygens (including phenoxy) is 1. The smallest absolute Gasteiger partial charge is 0.274 e. The van der Waals surface area contributed by atoms with Gasteiger partial charge in [-0.1, -0.05) is 0 Å². The summed E-state index contributed by atoms with van der Waals surface area (Å²) in [6.45, 7) is 3.18. The van der Waals surface area contributed by atoms with E-state index in [9.17, 15) is 10.1 Å². The van der Waals surface area contributed by atoms with Crippen LogP contribution < -0.4 is 10.6 Å². The number of hydrogen-bond donors (Lipinski definition) is 2. The molecule has 0 radical (unpaired) electrons. The molecule has 7 nitrogen and oxygen atoms in total. The molecule has 0 spiro atoms. The Balaban J connectivity index is 1.70. The predicted octanol–water partition coefficient (Wildman–Crippen LogP) is 1.17. The number of rotatable bonds is 6. The summed E-state index contributed by atoms with van der Waals surface area (Å²) in [4.78, 5) is 14.2. The second-order valence-electron chi connectivity index (χ2n) is 4.40. The van der Waals surface area contributed by atoms with E-state index in [0.29, 0.717) is 25.1 Å². The third kappa shape index (κ3) is 4.46. The first-order valence-corrected chi connectivity index (χ1v) is 6.42. The maximum atomic E-state index is 10.6. The van der Waals surface area contributed by atoms with E-state index in [0.717, 1.165) is 25.9 Å². The fourth-order valence-electron chi connectivity index (χ4n) is 2.00. The molecule has 0 unspecified atom stereocenters. The molecule has 2 N–H and O–H groups in total. The molecular formula is C12H18N4O3. The number of anilines is 1. The Bertz CT molecular complexity index is 421. The molecule has 0 aromatic carbocycles. The predicted molar refractivity (Wildman–Crippen MR) is 71.2 cm³/mol. The van der Waals surface area contributed by atoms with Crippen LogP contribution in [0.4, 0.5) is 11.5 Å². The van der Waals surface area contributed by atoms with E-state index < -0.39 is 4.92 Å². The van der Waals surface area contributed by atoms with Crippen LogP contribution in [0.15, 0.2) is 18.3 Å². The number of pyridine rings is 1. The molecular weight excluding hydrogens is 248 g/mol. The molecule has 1 aliphatic rings. The van der Waals surface area contributed by atoms with Gasteiger partial charge >= 0.3 is 0 Å². The minimum absolute atomic E-state index is 0.0387. The molecule has 0 aliphatic carbocycles. The Labute approximate surface area is 111 Å². The van der Waals surface area contributed by atoms with Crippen LogP contribution in [0.5, 0.6) is 0 Å². The standard InChI is InChI=1S/C12H18N4O3/c17-16(18)10-1-6-14-12(9-10)15-7-8-19-11-2-4-13-5-3-11/h1,6,9,11,13H,2-5,7-8H2,(H,14,15). The maximum absolute atomic E-state index is 10.6. The van der Waals surface area contributed by atoms with Crippen LogP contribution in [0.3, 0.4) is 0 Å². The van der Waals surface area contributed by atoms with Crippen LogP contribution in [-0.2, 0) is 4.74 Å². The van der Waals surface area contributed by atoms with Crippen LogP contribution >= 0.6 is 0 Å². The van der Waals surface area contributed by atoms with E-state index >= 15 is 0 Å². The third-order valence-corrected chi connectivity index (χ3v) is 3.00. The molecule has 0 bridgehead atoms. The van der Waals surface area contributed by atoms with Crippen molar-refractivity contribution in [3.63, 3.8) is 0 Å². The Kier molecular flexibility index (Phi) is 5.05. The van der Waals surface area contributed by atoms with Crippen molar-refractivity contribution in [3.8, 4) is 0 Å². The molecule has 19 heavy (non-hydrogen) atoms. The van der Waals surface area contributed by atoms with Gasteiger partial charge in [0.25, 0.3) is 5.69 Å². The molecule has 1 aromatic heterocycles. The number of piperidine rings is 1. The summed E-state index contributed by atoms with van der Waals surface area (Å²) in [7, 11) is 0. The van der Waals surface area contributed by atoms with Gasteiger partial charge in [0.2, 0.25) is 0 Å². The highest BCUT2D eigenvalue weighted by Gasteiger charge is 2.12. The number of nitro groups is 1. The molecule has 2 rings (SSSR count).